The van der Waals surface area contributed by atoms with Crippen molar-refractivity contribution in [1.29, 1.82) is 0 Å². The van der Waals surface area contributed by atoms with E-state index in [4.69, 9.17) is 5.21 Å². The zero-order valence-electron chi connectivity index (χ0n) is 4.95. The maximum absolute atomic E-state index is 10.6. The van der Waals surface area contributed by atoms with Crippen molar-refractivity contribution in [2.75, 3.05) is 5.75 Å². The van der Waals surface area contributed by atoms with Gasteiger partial charge in [-0.15, -0.1) is 0 Å². The van der Waals surface area contributed by atoms with E-state index in [1.165, 1.54) is 0 Å². The van der Waals surface area contributed by atoms with Crippen molar-refractivity contribution in [3.05, 3.63) is 0 Å². The lowest BCUT2D eigenvalue weighted by molar-refractivity contribution is -0.163. The van der Waals surface area contributed by atoms with Crippen LogP contribution in [-0.2, 0) is 4.79 Å². The molecule has 1 atom stereocenters. The lowest BCUT2D eigenvalue weighted by Gasteiger charge is -2.13. The Morgan fingerprint density at radius 1 is 1.89 bits per heavy atom. The average Bonchev–Trinajstić information content (AvgIpc) is 2.15. The zero-order chi connectivity index (χ0) is 6.85. The quantitative estimate of drug-likeness (QED) is 0.413. The highest BCUT2D eigenvalue weighted by Crippen LogP contribution is 2.16. The van der Waals surface area contributed by atoms with Gasteiger partial charge in [0.05, 0.1) is 6.04 Å². The summed E-state index contributed by atoms with van der Waals surface area (Å²) in [7, 11) is 0. The number of carbonyl (C=O) groups excluding carboxylic acids is 1. The van der Waals surface area contributed by atoms with E-state index >= 15 is 0 Å². The molecule has 1 amide bonds. The maximum atomic E-state index is 10.6. The third-order valence-electron chi connectivity index (χ3n) is 1.50. The van der Waals surface area contributed by atoms with E-state index in [2.05, 4.69) is 12.6 Å². The summed E-state index contributed by atoms with van der Waals surface area (Å²) in [6.07, 6.45) is 1.19. The molecule has 0 saturated carbocycles. The number of hydrogen-bond acceptors (Lipinski definition) is 3. The standard InChI is InChI=1S/C5H9NO2S/c7-5-2-1-4(3-9)6(5)8/h4,8-9H,1-3H2/t4-/m1/s1. The molecule has 3 nitrogen and oxygen atoms in total. The van der Waals surface area contributed by atoms with E-state index in [-0.39, 0.29) is 11.9 Å². The fourth-order valence-corrected chi connectivity index (χ4v) is 1.24. The minimum absolute atomic E-state index is 0.0548. The molecule has 0 radical (unpaired) electrons. The number of carbonyl (C=O) groups is 1. The minimum atomic E-state index is -0.186. The van der Waals surface area contributed by atoms with Crippen molar-refractivity contribution in [2.24, 2.45) is 0 Å². The summed E-state index contributed by atoms with van der Waals surface area (Å²) in [6.45, 7) is 0. The third kappa shape index (κ3) is 1.19. The molecule has 1 rings (SSSR count). The van der Waals surface area contributed by atoms with Crippen molar-refractivity contribution in [3.63, 3.8) is 0 Å². The summed E-state index contributed by atoms with van der Waals surface area (Å²) in [6, 6.07) is -0.0548. The molecule has 1 fully saturated rings. The molecule has 0 aromatic heterocycles. The average molecular weight is 147 g/mol. The molecule has 1 aliphatic heterocycles. The molecule has 0 unspecified atom stereocenters. The highest BCUT2D eigenvalue weighted by atomic mass is 32.1. The highest BCUT2D eigenvalue weighted by Gasteiger charge is 2.28. The van der Waals surface area contributed by atoms with E-state index < -0.39 is 0 Å². The first-order valence-electron chi connectivity index (χ1n) is 2.87. The van der Waals surface area contributed by atoms with Crippen LogP contribution in [0.25, 0.3) is 0 Å². The van der Waals surface area contributed by atoms with Gasteiger partial charge in [0.25, 0.3) is 0 Å². The number of hydroxylamine groups is 2. The van der Waals surface area contributed by atoms with Gasteiger partial charge in [-0.2, -0.15) is 12.6 Å². The van der Waals surface area contributed by atoms with Crippen molar-refractivity contribution in [1.82, 2.24) is 5.06 Å². The first-order valence-corrected chi connectivity index (χ1v) is 3.50. The van der Waals surface area contributed by atoms with Crippen molar-refractivity contribution in [2.45, 2.75) is 18.9 Å². The molecule has 0 aliphatic carbocycles. The molecule has 52 valence electrons. The number of thiol groups is 1. The molecular weight excluding hydrogens is 138 g/mol. The molecule has 1 saturated heterocycles. The van der Waals surface area contributed by atoms with Gasteiger partial charge in [0.15, 0.2) is 0 Å². The van der Waals surface area contributed by atoms with Crippen LogP contribution in [0.15, 0.2) is 0 Å². The predicted molar refractivity (Wildman–Crippen MR) is 35.5 cm³/mol. The Bertz CT molecular complexity index is 128. The van der Waals surface area contributed by atoms with Gasteiger partial charge in [-0.25, -0.2) is 5.06 Å². The molecule has 0 aromatic carbocycles. The summed E-state index contributed by atoms with van der Waals surface area (Å²) in [4.78, 5) is 10.6. The molecular formula is C5H9NO2S. The van der Waals surface area contributed by atoms with Crippen LogP contribution >= 0.6 is 12.6 Å². The Morgan fingerprint density at radius 3 is 2.78 bits per heavy atom. The highest BCUT2D eigenvalue weighted by molar-refractivity contribution is 7.80. The van der Waals surface area contributed by atoms with Crippen molar-refractivity contribution in [3.8, 4) is 0 Å². The Morgan fingerprint density at radius 2 is 2.56 bits per heavy atom. The molecule has 4 heteroatoms. The third-order valence-corrected chi connectivity index (χ3v) is 1.93. The lowest BCUT2D eigenvalue weighted by Crippen LogP contribution is -2.30. The van der Waals surface area contributed by atoms with E-state index in [1.54, 1.807) is 0 Å². The Hall–Kier alpha value is -0.220. The molecule has 0 aromatic rings. The largest absolute Gasteiger partial charge is 0.286 e. The minimum Gasteiger partial charge on any atom is -0.286 e. The number of rotatable bonds is 1. The molecule has 1 heterocycles. The maximum Gasteiger partial charge on any atom is 0.246 e. The first-order chi connectivity index (χ1) is 4.25. The first kappa shape index (κ1) is 6.89. The van der Waals surface area contributed by atoms with Crippen LogP contribution in [0.5, 0.6) is 0 Å². The SMILES string of the molecule is O=C1CC[C@H](CS)N1O. The summed E-state index contributed by atoms with van der Waals surface area (Å²) in [5, 5.41) is 9.68. The molecule has 9 heavy (non-hydrogen) atoms. The molecule has 0 bridgehead atoms. The Kier molecular flexibility index (Phi) is 1.97. The van der Waals surface area contributed by atoms with E-state index in [0.717, 1.165) is 11.5 Å². The number of hydrogen-bond donors (Lipinski definition) is 2. The van der Waals surface area contributed by atoms with Crippen LogP contribution in [0.2, 0.25) is 0 Å². The summed E-state index contributed by atoms with van der Waals surface area (Å²) < 4.78 is 0. The van der Waals surface area contributed by atoms with Crippen LogP contribution in [0.3, 0.4) is 0 Å². The van der Waals surface area contributed by atoms with Crippen molar-refractivity contribution < 1.29 is 10.0 Å². The second-order valence-electron chi connectivity index (χ2n) is 2.11. The fraction of sp³-hybridized carbons (Fsp3) is 0.800. The molecule has 1 N–H and O–H groups in total. The monoisotopic (exact) mass is 147 g/mol. The van der Waals surface area contributed by atoms with Crippen LogP contribution in [-0.4, -0.2) is 28.0 Å². The lowest BCUT2D eigenvalue weighted by atomic mass is 10.2. The summed E-state index contributed by atoms with van der Waals surface area (Å²) >= 11 is 3.96. The van der Waals surface area contributed by atoms with Gasteiger partial charge in [-0.05, 0) is 6.42 Å². The normalized spacial score (nSPS) is 27.6. The summed E-state index contributed by atoms with van der Waals surface area (Å²) in [5.74, 6) is 0.358. The van der Waals surface area contributed by atoms with Crippen LogP contribution in [0.1, 0.15) is 12.8 Å². The number of nitrogens with zero attached hydrogens (tertiary/aromatic N) is 1. The zero-order valence-corrected chi connectivity index (χ0v) is 5.84. The smallest absolute Gasteiger partial charge is 0.246 e. The Balaban J connectivity index is 2.51. The van der Waals surface area contributed by atoms with Gasteiger partial charge < -0.3 is 0 Å². The second kappa shape index (κ2) is 2.58. The van der Waals surface area contributed by atoms with Gasteiger partial charge in [-0.1, -0.05) is 0 Å². The van der Waals surface area contributed by atoms with Gasteiger partial charge in [-0.3, -0.25) is 10.0 Å². The van der Waals surface area contributed by atoms with E-state index in [1.807, 2.05) is 0 Å². The van der Waals surface area contributed by atoms with Gasteiger partial charge in [0.2, 0.25) is 5.91 Å². The molecule has 1 aliphatic rings. The fourth-order valence-electron chi connectivity index (χ4n) is 0.899. The van der Waals surface area contributed by atoms with E-state index in [9.17, 15) is 4.79 Å². The van der Waals surface area contributed by atoms with Gasteiger partial charge in [0, 0.05) is 12.2 Å². The molecule has 0 spiro atoms. The number of amides is 1. The van der Waals surface area contributed by atoms with Crippen molar-refractivity contribution >= 4 is 18.5 Å². The van der Waals surface area contributed by atoms with Crippen LogP contribution in [0, 0.1) is 0 Å². The predicted octanol–water partition coefficient (Wildman–Crippen LogP) is 0.296. The topological polar surface area (TPSA) is 40.5 Å². The Labute approximate surface area is 59.0 Å². The van der Waals surface area contributed by atoms with E-state index in [0.29, 0.717) is 12.2 Å². The van der Waals surface area contributed by atoms with Gasteiger partial charge in [0.1, 0.15) is 0 Å². The summed E-state index contributed by atoms with van der Waals surface area (Å²) in [5.41, 5.74) is 0. The second-order valence-corrected chi connectivity index (χ2v) is 2.48. The van der Waals surface area contributed by atoms with Crippen LogP contribution in [0.4, 0.5) is 0 Å². The van der Waals surface area contributed by atoms with Gasteiger partial charge >= 0.3 is 0 Å². The van der Waals surface area contributed by atoms with Crippen LogP contribution < -0.4 is 0 Å².